The molecule has 21 heavy (non-hydrogen) atoms. The van der Waals surface area contributed by atoms with Gasteiger partial charge in [-0.05, 0) is 25.0 Å². The van der Waals surface area contributed by atoms with Crippen molar-refractivity contribution in [2.45, 2.75) is 44.1 Å². The van der Waals surface area contributed by atoms with Crippen molar-refractivity contribution in [3.8, 4) is 0 Å². The van der Waals surface area contributed by atoms with Gasteiger partial charge in [0.15, 0.2) is 0 Å². The van der Waals surface area contributed by atoms with Crippen molar-refractivity contribution in [1.82, 2.24) is 4.98 Å². The number of nitrogens with one attached hydrogen (secondary N) is 1. The quantitative estimate of drug-likeness (QED) is 0.597. The zero-order chi connectivity index (χ0) is 14.7. The van der Waals surface area contributed by atoms with Crippen LogP contribution in [0.3, 0.4) is 0 Å². The van der Waals surface area contributed by atoms with Gasteiger partial charge in [-0.25, -0.2) is 0 Å². The summed E-state index contributed by atoms with van der Waals surface area (Å²) < 4.78 is 0. The van der Waals surface area contributed by atoms with Crippen molar-refractivity contribution in [2.24, 2.45) is 0 Å². The molecule has 0 radical (unpaired) electrons. The van der Waals surface area contributed by atoms with Crippen LogP contribution >= 0.6 is 0 Å². The average molecular weight is 285 g/mol. The number of nitrogen functional groups attached to an aromatic ring is 1. The Hall–Kier alpha value is -1.81. The standard InChI is InChI=1S/C17H23N3O/c18-16-14-7-10-19-11-13(14)5-6-15(16)20-12-17(21)8-3-1-2-4-9-17/h5-7,10-11,20-21H,1-4,8-9,12,18H2. The fourth-order valence-electron chi connectivity index (χ4n) is 3.17. The number of nitrogens with zero attached hydrogens (tertiary/aromatic N) is 1. The van der Waals surface area contributed by atoms with Crippen molar-refractivity contribution in [1.29, 1.82) is 0 Å². The first-order valence-electron chi connectivity index (χ1n) is 7.76. The molecule has 0 spiro atoms. The third-order valence-corrected chi connectivity index (χ3v) is 4.50. The average Bonchev–Trinajstić information content (AvgIpc) is 2.72. The molecular formula is C17H23N3O. The molecule has 3 rings (SSSR count). The van der Waals surface area contributed by atoms with Crippen molar-refractivity contribution in [2.75, 3.05) is 17.6 Å². The molecule has 0 bridgehead atoms. The minimum atomic E-state index is -0.601. The van der Waals surface area contributed by atoms with Crippen LogP contribution in [0.15, 0.2) is 30.6 Å². The Morgan fingerprint density at radius 2 is 1.90 bits per heavy atom. The van der Waals surface area contributed by atoms with Gasteiger partial charge in [-0.1, -0.05) is 31.7 Å². The molecule has 1 aromatic carbocycles. The lowest BCUT2D eigenvalue weighted by Gasteiger charge is -2.27. The van der Waals surface area contributed by atoms with Gasteiger partial charge in [0.2, 0.25) is 0 Å². The zero-order valence-corrected chi connectivity index (χ0v) is 12.3. The Balaban J connectivity index is 1.77. The highest BCUT2D eigenvalue weighted by Crippen LogP contribution is 2.31. The number of benzene rings is 1. The molecule has 1 aliphatic rings. The molecule has 4 N–H and O–H groups in total. The maximum atomic E-state index is 10.7. The highest BCUT2D eigenvalue weighted by molar-refractivity contribution is 5.98. The Morgan fingerprint density at radius 1 is 1.14 bits per heavy atom. The maximum absolute atomic E-state index is 10.7. The smallest absolute Gasteiger partial charge is 0.0819 e. The van der Waals surface area contributed by atoms with Gasteiger partial charge in [-0.3, -0.25) is 4.98 Å². The summed E-state index contributed by atoms with van der Waals surface area (Å²) in [6.07, 6.45) is 9.99. The van der Waals surface area contributed by atoms with Gasteiger partial charge in [0.1, 0.15) is 0 Å². The molecule has 112 valence electrons. The van der Waals surface area contributed by atoms with Gasteiger partial charge < -0.3 is 16.2 Å². The van der Waals surface area contributed by atoms with Crippen LogP contribution < -0.4 is 11.1 Å². The Kier molecular flexibility index (Phi) is 3.97. The summed E-state index contributed by atoms with van der Waals surface area (Å²) >= 11 is 0. The van der Waals surface area contributed by atoms with E-state index >= 15 is 0 Å². The summed E-state index contributed by atoms with van der Waals surface area (Å²) in [4.78, 5) is 4.11. The van der Waals surface area contributed by atoms with Crippen LogP contribution in [0.1, 0.15) is 38.5 Å². The van der Waals surface area contributed by atoms with E-state index in [0.717, 1.165) is 47.8 Å². The molecule has 2 aromatic rings. The number of aliphatic hydroxyl groups is 1. The minimum Gasteiger partial charge on any atom is -0.397 e. The summed E-state index contributed by atoms with van der Waals surface area (Å²) in [5.41, 5.74) is 7.26. The Morgan fingerprint density at radius 3 is 2.67 bits per heavy atom. The largest absolute Gasteiger partial charge is 0.397 e. The van der Waals surface area contributed by atoms with Gasteiger partial charge in [0.25, 0.3) is 0 Å². The van der Waals surface area contributed by atoms with Crippen LogP contribution in [-0.2, 0) is 0 Å². The van der Waals surface area contributed by atoms with Crippen molar-refractivity contribution in [3.05, 3.63) is 30.6 Å². The molecule has 4 nitrogen and oxygen atoms in total. The first-order valence-corrected chi connectivity index (χ1v) is 7.76. The normalized spacial score (nSPS) is 18.3. The van der Waals surface area contributed by atoms with Crippen LogP contribution in [0.25, 0.3) is 10.8 Å². The highest BCUT2D eigenvalue weighted by atomic mass is 16.3. The van der Waals surface area contributed by atoms with Gasteiger partial charge in [-0.15, -0.1) is 0 Å². The van der Waals surface area contributed by atoms with Gasteiger partial charge >= 0.3 is 0 Å². The maximum Gasteiger partial charge on any atom is 0.0819 e. The number of rotatable bonds is 3. The predicted molar refractivity (Wildman–Crippen MR) is 87.3 cm³/mol. The third-order valence-electron chi connectivity index (χ3n) is 4.50. The second kappa shape index (κ2) is 5.90. The molecule has 0 saturated heterocycles. The minimum absolute atomic E-state index is 0.563. The van der Waals surface area contributed by atoms with Crippen molar-refractivity contribution < 1.29 is 5.11 Å². The fraction of sp³-hybridized carbons (Fsp3) is 0.471. The number of hydrogen-bond acceptors (Lipinski definition) is 4. The molecular weight excluding hydrogens is 262 g/mol. The van der Waals surface area contributed by atoms with E-state index in [1.54, 1.807) is 6.20 Å². The second-order valence-electron chi connectivity index (χ2n) is 6.12. The SMILES string of the molecule is Nc1c(NCC2(O)CCCCCC2)ccc2cnccc12. The lowest BCUT2D eigenvalue weighted by atomic mass is 9.94. The summed E-state index contributed by atoms with van der Waals surface area (Å²) in [5.74, 6) is 0. The summed E-state index contributed by atoms with van der Waals surface area (Å²) in [7, 11) is 0. The molecule has 0 atom stereocenters. The van der Waals surface area contributed by atoms with E-state index in [-0.39, 0.29) is 0 Å². The lowest BCUT2D eigenvalue weighted by Crippen LogP contribution is -2.36. The second-order valence-corrected chi connectivity index (χ2v) is 6.12. The molecule has 1 saturated carbocycles. The van der Waals surface area contributed by atoms with Gasteiger partial charge in [0, 0.05) is 29.7 Å². The van der Waals surface area contributed by atoms with Crippen LogP contribution in [0.4, 0.5) is 11.4 Å². The zero-order valence-electron chi connectivity index (χ0n) is 12.3. The number of fused-ring (bicyclic) bond motifs is 1. The van der Waals surface area contributed by atoms with Crippen LogP contribution in [0.5, 0.6) is 0 Å². The van der Waals surface area contributed by atoms with Crippen LogP contribution in [0, 0.1) is 0 Å². The summed E-state index contributed by atoms with van der Waals surface area (Å²) in [6.45, 7) is 0.563. The number of nitrogens with two attached hydrogens (primary N) is 1. The number of pyridine rings is 1. The number of hydrogen-bond donors (Lipinski definition) is 3. The van der Waals surface area contributed by atoms with Crippen molar-refractivity contribution >= 4 is 22.1 Å². The molecule has 1 aromatic heterocycles. The van der Waals surface area contributed by atoms with E-state index in [4.69, 9.17) is 5.73 Å². The monoisotopic (exact) mass is 285 g/mol. The lowest BCUT2D eigenvalue weighted by molar-refractivity contribution is 0.0381. The van der Waals surface area contributed by atoms with E-state index in [1.807, 2.05) is 24.4 Å². The van der Waals surface area contributed by atoms with E-state index in [1.165, 1.54) is 12.8 Å². The van der Waals surface area contributed by atoms with Gasteiger partial charge in [-0.2, -0.15) is 0 Å². The molecule has 1 fully saturated rings. The summed E-state index contributed by atoms with van der Waals surface area (Å²) in [5, 5.41) is 16.1. The fourth-order valence-corrected chi connectivity index (χ4v) is 3.17. The van der Waals surface area contributed by atoms with E-state index < -0.39 is 5.60 Å². The summed E-state index contributed by atoms with van der Waals surface area (Å²) in [6, 6.07) is 5.91. The van der Waals surface area contributed by atoms with Crippen molar-refractivity contribution in [3.63, 3.8) is 0 Å². The van der Waals surface area contributed by atoms with E-state index in [9.17, 15) is 5.11 Å². The van der Waals surface area contributed by atoms with Gasteiger partial charge in [0.05, 0.1) is 17.0 Å². The number of anilines is 2. The molecule has 0 aliphatic heterocycles. The van der Waals surface area contributed by atoms with Crippen LogP contribution in [0.2, 0.25) is 0 Å². The topological polar surface area (TPSA) is 71.2 Å². The van der Waals surface area contributed by atoms with Crippen LogP contribution in [-0.4, -0.2) is 22.2 Å². The first kappa shape index (κ1) is 14.1. The number of aromatic nitrogens is 1. The Bertz CT molecular complexity index is 618. The predicted octanol–water partition coefficient (Wildman–Crippen LogP) is 3.31. The highest BCUT2D eigenvalue weighted by Gasteiger charge is 2.27. The molecule has 4 heteroatoms. The van der Waals surface area contributed by atoms with E-state index in [0.29, 0.717) is 6.54 Å². The third kappa shape index (κ3) is 3.10. The molecule has 1 aliphatic carbocycles. The first-order chi connectivity index (χ1) is 10.2. The molecule has 0 unspecified atom stereocenters. The molecule has 1 heterocycles. The van der Waals surface area contributed by atoms with E-state index in [2.05, 4.69) is 10.3 Å². The Labute approximate surface area is 125 Å². The molecule has 0 amide bonds.